The molecule has 0 spiro atoms. The monoisotopic (exact) mass is 449 g/mol. The van der Waals surface area contributed by atoms with Gasteiger partial charge in [0.2, 0.25) is 0 Å². The number of carbonyl (C=O) groups is 1. The zero-order valence-electron chi connectivity index (χ0n) is 18.7. The maximum Gasteiger partial charge on any atom is 0.410 e. The molecule has 0 aliphatic rings. The summed E-state index contributed by atoms with van der Waals surface area (Å²) in [5.74, 6) is 0. The van der Waals surface area contributed by atoms with E-state index in [0.717, 1.165) is 10.5 Å². The van der Waals surface area contributed by atoms with Gasteiger partial charge in [-0.05, 0) is 56.1 Å². The number of ether oxygens (including phenoxy) is 1. The smallest absolute Gasteiger partial charge is 0.410 e. The van der Waals surface area contributed by atoms with Crippen LogP contribution in [0.3, 0.4) is 0 Å². The second-order valence-corrected chi connectivity index (χ2v) is 14.9. The molecule has 1 aromatic rings. The van der Waals surface area contributed by atoms with Crippen LogP contribution in [-0.2, 0) is 22.3 Å². The minimum absolute atomic E-state index is 0.00349. The van der Waals surface area contributed by atoms with E-state index < -0.39 is 33.0 Å². The highest BCUT2D eigenvalue weighted by Gasteiger charge is 2.37. The molecule has 4 nitrogen and oxygen atoms in total. The van der Waals surface area contributed by atoms with Crippen molar-refractivity contribution in [2.75, 3.05) is 6.54 Å². The number of halogens is 3. The standard InChI is InChI=1S/C21H34ClF2NO3Si/c1-20(2,3)28-19(26)25(13-18(23)24)12-15-9-10-17(22)16(11-15)14-27-29(7,8)21(4,5)6/h9-11,18H,12-14H2,1-8H3. The third-order valence-corrected chi connectivity index (χ3v) is 9.74. The average molecular weight is 450 g/mol. The molecule has 1 amide bonds. The third kappa shape index (κ3) is 8.60. The summed E-state index contributed by atoms with van der Waals surface area (Å²) in [5.41, 5.74) is 0.699. The highest BCUT2D eigenvalue weighted by molar-refractivity contribution is 6.74. The number of benzene rings is 1. The van der Waals surface area contributed by atoms with E-state index in [1.54, 1.807) is 39.0 Å². The van der Waals surface area contributed by atoms with Gasteiger partial charge in [-0.1, -0.05) is 44.5 Å². The van der Waals surface area contributed by atoms with Gasteiger partial charge in [0, 0.05) is 11.6 Å². The first kappa shape index (κ1) is 25.9. The lowest BCUT2D eigenvalue weighted by molar-refractivity contribution is 0.00817. The van der Waals surface area contributed by atoms with Crippen molar-refractivity contribution in [2.24, 2.45) is 0 Å². The lowest BCUT2D eigenvalue weighted by Gasteiger charge is -2.36. The first-order valence-electron chi connectivity index (χ1n) is 9.69. The number of nitrogens with zero attached hydrogens (tertiary/aromatic N) is 1. The van der Waals surface area contributed by atoms with Gasteiger partial charge in [-0.2, -0.15) is 0 Å². The fraction of sp³-hybridized carbons (Fsp3) is 0.667. The predicted octanol–water partition coefficient (Wildman–Crippen LogP) is 6.86. The number of carbonyl (C=O) groups excluding carboxylic acids is 1. The normalized spacial score (nSPS) is 13.0. The second kappa shape index (κ2) is 9.75. The maximum absolute atomic E-state index is 13.0. The Balaban J connectivity index is 2.99. The van der Waals surface area contributed by atoms with Crippen molar-refractivity contribution >= 4 is 26.0 Å². The minimum atomic E-state index is -2.66. The summed E-state index contributed by atoms with van der Waals surface area (Å²) in [4.78, 5) is 13.4. The molecule has 0 N–H and O–H groups in total. The van der Waals surface area contributed by atoms with Crippen LogP contribution in [0.15, 0.2) is 18.2 Å². The highest BCUT2D eigenvalue weighted by Crippen LogP contribution is 2.37. The van der Waals surface area contributed by atoms with E-state index in [9.17, 15) is 13.6 Å². The summed E-state index contributed by atoms with van der Waals surface area (Å²) in [6, 6.07) is 5.23. The second-order valence-electron chi connectivity index (χ2n) is 9.73. The van der Waals surface area contributed by atoms with Crippen LogP contribution >= 0.6 is 11.6 Å². The van der Waals surface area contributed by atoms with Crippen molar-refractivity contribution < 1.29 is 22.7 Å². The topological polar surface area (TPSA) is 38.8 Å². The number of amides is 1. The van der Waals surface area contributed by atoms with Crippen LogP contribution in [0.2, 0.25) is 23.2 Å². The Morgan fingerprint density at radius 1 is 1.17 bits per heavy atom. The van der Waals surface area contributed by atoms with Crippen LogP contribution in [-0.4, -0.2) is 37.9 Å². The van der Waals surface area contributed by atoms with Crippen LogP contribution in [0.25, 0.3) is 0 Å². The third-order valence-electron chi connectivity index (χ3n) is 4.89. The van der Waals surface area contributed by atoms with Crippen LogP contribution in [0.4, 0.5) is 13.6 Å². The van der Waals surface area contributed by atoms with Gasteiger partial charge in [-0.15, -0.1) is 0 Å². The molecule has 1 aromatic carbocycles. The molecule has 166 valence electrons. The Labute approximate surface area is 179 Å². The van der Waals surface area contributed by atoms with Gasteiger partial charge >= 0.3 is 6.09 Å². The average Bonchev–Trinajstić information content (AvgIpc) is 2.51. The van der Waals surface area contributed by atoms with Gasteiger partial charge in [0.1, 0.15) is 5.60 Å². The summed E-state index contributed by atoms with van der Waals surface area (Å²) in [7, 11) is -1.97. The molecule has 0 heterocycles. The predicted molar refractivity (Wildman–Crippen MR) is 116 cm³/mol. The highest BCUT2D eigenvalue weighted by atomic mass is 35.5. The Morgan fingerprint density at radius 2 is 1.76 bits per heavy atom. The van der Waals surface area contributed by atoms with Gasteiger partial charge < -0.3 is 9.16 Å². The van der Waals surface area contributed by atoms with Gasteiger partial charge in [0.15, 0.2) is 8.32 Å². The van der Waals surface area contributed by atoms with E-state index in [1.807, 2.05) is 0 Å². The lowest BCUT2D eigenvalue weighted by atomic mass is 10.1. The van der Waals surface area contributed by atoms with Gasteiger partial charge in [0.25, 0.3) is 6.43 Å². The van der Waals surface area contributed by atoms with Crippen molar-refractivity contribution in [3.8, 4) is 0 Å². The molecule has 0 aromatic heterocycles. The molecule has 0 saturated heterocycles. The first-order valence-corrected chi connectivity index (χ1v) is 13.0. The molecule has 0 aliphatic carbocycles. The summed E-state index contributed by atoms with van der Waals surface area (Å²) in [6.07, 6.45) is -3.43. The lowest BCUT2D eigenvalue weighted by Crippen LogP contribution is -2.40. The van der Waals surface area contributed by atoms with Crippen LogP contribution < -0.4 is 0 Å². The summed E-state index contributed by atoms with van der Waals surface area (Å²) < 4.78 is 37.5. The minimum Gasteiger partial charge on any atom is -0.444 e. The molecule has 0 fully saturated rings. The van der Waals surface area contributed by atoms with Crippen LogP contribution in [0, 0.1) is 0 Å². The summed E-state index contributed by atoms with van der Waals surface area (Å²) in [5, 5.41) is 0.604. The Bertz CT molecular complexity index is 700. The molecular formula is C21H34ClF2NO3Si. The fourth-order valence-corrected chi connectivity index (χ4v) is 3.35. The SMILES string of the molecule is CC(C)(C)OC(=O)N(Cc1ccc(Cl)c(CO[Si](C)(C)C(C)(C)C)c1)CC(F)F. The van der Waals surface area contributed by atoms with E-state index in [-0.39, 0.29) is 11.6 Å². The Morgan fingerprint density at radius 3 is 2.24 bits per heavy atom. The molecular weight excluding hydrogens is 416 g/mol. The van der Waals surface area contributed by atoms with Crippen molar-refractivity contribution in [2.45, 2.75) is 84.9 Å². The number of hydrogen-bond acceptors (Lipinski definition) is 3. The first-order chi connectivity index (χ1) is 13.0. The number of alkyl halides is 2. The van der Waals surface area contributed by atoms with E-state index in [1.165, 1.54) is 0 Å². The van der Waals surface area contributed by atoms with E-state index in [4.69, 9.17) is 20.8 Å². The van der Waals surface area contributed by atoms with Crippen molar-refractivity contribution in [3.63, 3.8) is 0 Å². The molecule has 0 radical (unpaired) electrons. The Hall–Kier alpha value is -1.18. The summed E-state index contributed by atoms with van der Waals surface area (Å²) >= 11 is 6.32. The summed E-state index contributed by atoms with van der Waals surface area (Å²) in [6.45, 7) is 15.5. The zero-order chi connectivity index (χ0) is 22.6. The van der Waals surface area contributed by atoms with Gasteiger partial charge in [-0.25, -0.2) is 13.6 Å². The molecule has 0 aliphatic heterocycles. The molecule has 29 heavy (non-hydrogen) atoms. The maximum atomic E-state index is 13.0. The molecule has 1 rings (SSSR count). The van der Waals surface area contributed by atoms with E-state index >= 15 is 0 Å². The van der Waals surface area contributed by atoms with E-state index in [0.29, 0.717) is 17.2 Å². The molecule has 0 saturated carbocycles. The molecule has 0 bridgehead atoms. The van der Waals surface area contributed by atoms with Crippen LogP contribution in [0.1, 0.15) is 52.7 Å². The van der Waals surface area contributed by atoms with Crippen molar-refractivity contribution in [1.82, 2.24) is 4.90 Å². The van der Waals surface area contributed by atoms with Crippen molar-refractivity contribution in [1.29, 1.82) is 0 Å². The van der Waals surface area contributed by atoms with E-state index in [2.05, 4.69) is 33.9 Å². The number of hydrogen-bond donors (Lipinski definition) is 0. The largest absolute Gasteiger partial charge is 0.444 e. The van der Waals surface area contributed by atoms with Gasteiger partial charge in [0.05, 0.1) is 13.2 Å². The number of rotatable bonds is 7. The molecule has 0 unspecified atom stereocenters. The quantitative estimate of drug-likeness (QED) is 0.426. The van der Waals surface area contributed by atoms with Crippen molar-refractivity contribution in [3.05, 3.63) is 34.3 Å². The molecule has 8 heteroatoms. The van der Waals surface area contributed by atoms with Gasteiger partial charge in [-0.3, -0.25) is 4.90 Å². The fourth-order valence-electron chi connectivity index (χ4n) is 2.23. The molecule has 0 atom stereocenters. The zero-order valence-corrected chi connectivity index (χ0v) is 20.5. The van der Waals surface area contributed by atoms with Crippen LogP contribution in [0.5, 0.6) is 0 Å². The Kier molecular flexibility index (Phi) is 8.69.